The molecular weight excluding hydrogens is 410 g/mol. The van der Waals surface area contributed by atoms with Crippen LogP contribution in [0.25, 0.3) is 0 Å². The van der Waals surface area contributed by atoms with E-state index in [0.717, 1.165) is 19.3 Å². The maximum atomic E-state index is 13.2. The van der Waals surface area contributed by atoms with Crippen molar-refractivity contribution in [1.82, 2.24) is 10.2 Å². The molecule has 2 aromatic rings. The number of alkyl halides is 6. The third kappa shape index (κ3) is 7.05. The van der Waals surface area contributed by atoms with E-state index in [4.69, 9.17) is 0 Å². The Labute approximate surface area is 170 Å². The van der Waals surface area contributed by atoms with Gasteiger partial charge in [0.15, 0.2) is 0 Å². The van der Waals surface area contributed by atoms with Crippen molar-refractivity contribution in [2.24, 2.45) is 0 Å². The summed E-state index contributed by atoms with van der Waals surface area (Å²) in [5.41, 5.74) is -2.70. The van der Waals surface area contributed by atoms with Crippen LogP contribution in [0.3, 0.4) is 0 Å². The molecule has 0 aromatic heterocycles. The molecule has 0 aliphatic carbocycles. The number of hydrogen-bond acceptors (Lipinski definition) is 2. The van der Waals surface area contributed by atoms with Crippen molar-refractivity contribution in [2.75, 3.05) is 20.3 Å². The quantitative estimate of drug-likeness (QED) is 0.346. The minimum atomic E-state index is -5.09. The molecule has 164 valence electrons. The monoisotopic (exact) mass is 432 g/mol. The number of unbranched alkanes of at least 4 members (excludes halogenated alkanes) is 1. The molecule has 0 unspecified atom stereocenters. The number of hydrogen-bond donors (Lipinski definition) is 1. The van der Waals surface area contributed by atoms with Gasteiger partial charge in [-0.05, 0) is 56.6 Å². The molecule has 0 radical (unpaired) electrons. The van der Waals surface area contributed by atoms with Gasteiger partial charge in [0, 0.05) is 0 Å². The van der Waals surface area contributed by atoms with Crippen LogP contribution < -0.4 is 5.32 Å². The van der Waals surface area contributed by atoms with E-state index >= 15 is 0 Å². The molecule has 0 saturated heterocycles. The fourth-order valence-electron chi connectivity index (χ4n) is 2.89. The predicted molar refractivity (Wildman–Crippen MR) is 101 cm³/mol. The van der Waals surface area contributed by atoms with Gasteiger partial charge in [-0.15, -0.1) is 0 Å². The van der Waals surface area contributed by atoms with Gasteiger partial charge in [-0.1, -0.05) is 30.3 Å². The summed E-state index contributed by atoms with van der Waals surface area (Å²) in [4.78, 5) is 13.9. The number of amides is 1. The number of carbonyl (C=O) groups is 1. The van der Waals surface area contributed by atoms with E-state index in [9.17, 15) is 31.1 Å². The first-order chi connectivity index (χ1) is 14.0. The Balaban J connectivity index is 1.90. The molecule has 0 bridgehead atoms. The van der Waals surface area contributed by atoms with Crippen LogP contribution in [0.5, 0.6) is 0 Å². The zero-order valence-electron chi connectivity index (χ0n) is 16.3. The Morgan fingerprint density at radius 2 is 1.60 bits per heavy atom. The average Bonchev–Trinajstić information content (AvgIpc) is 2.68. The standard InChI is InChI=1S/C21H22F6N2O/c1-29(12-6-5-9-15-7-3-2-4-8-15)14-28-19(30)17-11-10-16(20(22,23)24)13-18(17)21(25,26)27/h2-4,7-8,10-11,13H,5-6,9,12,14H2,1H3,(H,28,30). The first kappa shape index (κ1) is 23.7. The van der Waals surface area contributed by atoms with Crippen LogP contribution in [-0.4, -0.2) is 31.1 Å². The fraction of sp³-hybridized carbons (Fsp3) is 0.381. The molecule has 9 heteroatoms. The van der Waals surface area contributed by atoms with Crippen LogP contribution in [0.1, 0.15) is 39.9 Å². The molecule has 2 rings (SSSR count). The summed E-state index contributed by atoms with van der Waals surface area (Å²) in [5, 5.41) is 2.33. The molecule has 0 fully saturated rings. The van der Waals surface area contributed by atoms with Gasteiger partial charge >= 0.3 is 12.4 Å². The number of halogens is 6. The Kier molecular flexibility index (Phi) is 7.89. The van der Waals surface area contributed by atoms with Gasteiger partial charge in [0.1, 0.15) is 0 Å². The highest BCUT2D eigenvalue weighted by Gasteiger charge is 2.39. The zero-order valence-corrected chi connectivity index (χ0v) is 16.3. The summed E-state index contributed by atoms with van der Waals surface area (Å²) in [6.45, 7) is 0.578. The molecule has 0 spiro atoms. The summed E-state index contributed by atoms with van der Waals surface area (Å²) in [5.74, 6) is -1.08. The average molecular weight is 432 g/mol. The first-order valence-corrected chi connectivity index (χ1v) is 9.27. The maximum Gasteiger partial charge on any atom is 0.417 e. The molecule has 1 N–H and O–H groups in total. The molecular formula is C21H22F6N2O. The lowest BCUT2D eigenvalue weighted by Crippen LogP contribution is -2.36. The Bertz CT molecular complexity index is 834. The van der Waals surface area contributed by atoms with E-state index < -0.39 is 35.0 Å². The van der Waals surface area contributed by atoms with Crippen LogP contribution >= 0.6 is 0 Å². The molecule has 0 aliphatic heterocycles. The normalized spacial score (nSPS) is 12.3. The molecule has 30 heavy (non-hydrogen) atoms. The summed E-state index contributed by atoms with van der Waals surface area (Å²) in [6, 6.07) is 10.9. The van der Waals surface area contributed by atoms with E-state index in [-0.39, 0.29) is 12.7 Å². The third-order valence-corrected chi connectivity index (χ3v) is 4.50. The first-order valence-electron chi connectivity index (χ1n) is 9.27. The summed E-state index contributed by atoms with van der Waals surface area (Å²) in [7, 11) is 1.69. The number of rotatable bonds is 8. The summed E-state index contributed by atoms with van der Waals surface area (Å²) >= 11 is 0. The van der Waals surface area contributed by atoms with Crippen molar-refractivity contribution in [2.45, 2.75) is 31.6 Å². The maximum absolute atomic E-state index is 13.2. The van der Waals surface area contributed by atoms with Gasteiger partial charge in [-0.25, -0.2) is 0 Å². The van der Waals surface area contributed by atoms with Gasteiger partial charge < -0.3 is 5.32 Å². The lowest BCUT2D eigenvalue weighted by molar-refractivity contribution is -0.143. The molecule has 0 atom stereocenters. The van der Waals surface area contributed by atoms with Crippen LogP contribution in [0.15, 0.2) is 48.5 Å². The highest BCUT2D eigenvalue weighted by Crippen LogP contribution is 2.37. The third-order valence-electron chi connectivity index (χ3n) is 4.50. The molecule has 0 aliphatic rings. The molecule has 2 aromatic carbocycles. The van der Waals surface area contributed by atoms with Crippen molar-refractivity contribution in [3.63, 3.8) is 0 Å². The Hall–Kier alpha value is -2.55. The second-order valence-electron chi connectivity index (χ2n) is 6.94. The lowest BCUT2D eigenvalue weighted by Gasteiger charge is -2.19. The van der Waals surface area contributed by atoms with Crippen LogP contribution in [0.2, 0.25) is 0 Å². The Morgan fingerprint density at radius 1 is 0.933 bits per heavy atom. The highest BCUT2D eigenvalue weighted by molar-refractivity contribution is 5.96. The molecule has 1 amide bonds. The SMILES string of the molecule is CN(CCCCc1ccccc1)CNC(=O)c1ccc(C(F)(F)F)cc1C(F)(F)F. The number of carbonyl (C=O) groups excluding carboxylic acids is 1. The minimum Gasteiger partial charge on any atom is -0.339 e. The smallest absolute Gasteiger partial charge is 0.339 e. The van der Waals surface area contributed by atoms with Crippen LogP contribution in [0, 0.1) is 0 Å². The molecule has 3 nitrogen and oxygen atoms in total. The minimum absolute atomic E-state index is 0.0253. The van der Waals surface area contributed by atoms with E-state index in [1.807, 2.05) is 30.3 Å². The summed E-state index contributed by atoms with van der Waals surface area (Å²) in [6.07, 6.45) is -7.41. The van der Waals surface area contributed by atoms with Gasteiger partial charge in [0.05, 0.1) is 23.4 Å². The van der Waals surface area contributed by atoms with Crippen molar-refractivity contribution in [3.05, 3.63) is 70.8 Å². The Morgan fingerprint density at radius 3 is 2.20 bits per heavy atom. The number of aryl methyl sites for hydroxylation is 1. The summed E-state index contributed by atoms with van der Waals surface area (Å²) < 4.78 is 77.7. The van der Waals surface area contributed by atoms with E-state index in [1.165, 1.54) is 5.56 Å². The predicted octanol–water partition coefficient (Wildman–Crippen LogP) is 5.37. The highest BCUT2D eigenvalue weighted by atomic mass is 19.4. The van der Waals surface area contributed by atoms with Gasteiger partial charge in [-0.3, -0.25) is 9.69 Å². The fourth-order valence-corrected chi connectivity index (χ4v) is 2.89. The topological polar surface area (TPSA) is 32.3 Å². The number of nitrogens with zero attached hydrogens (tertiary/aromatic N) is 1. The second-order valence-corrected chi connectivity index (χ2v) is 6.94. The van der Waals surface area contributed by atoms with Crippen molar-refractivity contribution in [1.29, 1.82) is 0 Å². The van der Waals surface area contributed by atoms with Crippen molar-refractivity contribution in [3.8, 4) is 0 Å². The van der Waals surface area contributed by atoms with Gasteiger partial charge in [-0.2, -0.15) is 26.3 Å². The second kappa shape index (κ2) is 9.97. The largest absolute Gasteiger partial charge is 0.417 e. The van der Waals surface area contributed by atoms with E-state index in [0.29, 0.717) is 18.7 Å². The van der Waals surface area contributed by atoms with Gasteiger partial charge in [0.25, 0.3) is 5.91 Å². The number of nitrogens with one attached hydrogen (secondary N) is 1. The van der Waals surface area contributed by atoms with Gasteiger partial charge in [0.2, 0.25) is 0 Å². The zero-order chi connectivity index (χ0) is 22.4. The molecule has 0 heterocycles. The van der Waals surface area contributed by atoms with Crippen LogP contribution in [0.4, 0.5) is 26.3 Å². The number of benzene rings is 2. The van der Waals surface area contributed by atoms with Crippen molar-refractivity contribution < 1.29 is 31.1 Å². The van der Waals surface area contributed by atoms with E-state index in [1.54, 1.807) is 11.9 Å². The molecule has 0 saturated carbocycles. The van der Waals surface area contributed by atoms with Crippen molar-refractivity contribution >= 4 is 5.91 Å². The van der Waals surface area contributed by atoms with Crippen LogP contribution in [-0.2, 0) is 18.8 Å². The van der Waals surface area contributed by atoms with E-state index in [2.05, 4.69) is 5.32 Å². The lowest BCUT2D eigenvalue weighted by atomic mass is 10.0.